The van der Waals surface area contributed by atoms with Gasteiger partial charge in [-0.2, -0.15) is 4.98 Å². The van der Waals surface area contributed by atoms with E-state index in [0.29, 0.717) is 23.4 Å². The van der Waals surface area contributed by atoms with Crippen LogP contribution in [-0.4, -0.2) is 20.1 Å². The van der Waals surface area contributed by atoms with Crippen molar-refractivity contribution in [2.45, 2.75) is 44.8 Å². The molecule has 0 aromatic carbocycles. The molecule has 90 valence electrons. The topological polar surface area (TPSA) is 56.0 Å². The Morgan fingerprint density at radius 2 is 2.19 bits per heavy atom. The van der Waals surface area contributed by atoms with Gasteiger partial charge in [0.1, 0.15) is 5.75 Å². The molecule has 1 atom stereocenters. The molecule has 1 heterocycles. The molecule has 0 spiro atoms. The highest BCUT2D eigenvalue weighted by molar-refractivity contribution is 7.84. The molecule has 0 aliphatic heterocycles. The highest BCUT2D eigenvalue weighted by atomic mass is 32.2. The minimum atomic E-state index is -0.846. The Balaban J connectivity index is 1.81. The first kappa shape index (κ1) is 11.8. The maximum Gasteiger partial charge on any atom is 0.239 e. The van der Waals surface area contributed by atoms with Crippen molar-refractivity contribution in [1.82, 2.24) is 10.1 Å². The van der Waals surface area contributed by atoms with Crippen LogP contribution in [0.1, 0.15) is 44.3 Å². The zero-order valence-electron chi connectivity index (χ0n) is 9.65. The van der Waals surface area contributed by atoms with Gasteiger partial charge >= 0.3 is 0 Å². The Morgan fingerprint density at radius 1 is 1.44 bits per heavy atom. The van der Waals surface area contributed by atoms with E-state index in [4.69, 9.17) is 4.52 Å². The molecule has 1 aliphatic rings. The monoisotopic (exact) mass is 242 g/mol. The van der Waals surface area contributed by atoms with E-state index in [2.05, 4.69) is 10.1 Å². The fourth-order valence-electron chi connectivity index (χ4n) is 2.13. The number of hydrogen-bond donors (Lipinski definition) is 0. The molecule has 0 amide bonds. The molecule has 4 nitrogen and oxygen atoms in total. The van der Waals surface area contributed by atoms with Crippen LogP contribution in [0.2, 0.25) is 0 Å². The van der Waals surface area contributed by atoms with Gasteiger partial charge in [0.05, 0.1) is 0 Å². The van der Waals surface area contributed by atoms with E-state index in [-0.39, 0.29) is 0 Å². The third-order valence-electron chi connectivity index (χ3n) is 3.01. The van der Waals surface area contributed by atoms with Gasteiger partial charge in [-0.3, -0.25) is 4.21 Å². The maximum atomic E-state index is 11.8. The predicted molar refractivity (Wildman–Crippen MR) is 62.3 cm³/mol. The van der Waals surface area contributed by atoms with Gasteiger partial charge in [-0.25, -0.2) is 0 Å². The van der Waals surface area contributed by atoms with E-state index in [1.807, 2.05) is 6.92 Å². The predicted octanol–water partition coefficient (Wildman–Crippen LogP) is 2.07. The van der Waals surface area contributed by atoms with Crippen LogP contribution in [0.15, 0.2) is 4.52 Å². The molecule has 0 unspecified atom stereocenters. The summed E-state index contributed by atoms with van der Waals surface area (Å²) in [4.78, 5) is 4.17. The number of hydrogen-bond acceptors (Lipinski definition) is 4. The van der Waals surface area contributed by atoms with Crippen molar-refractivity contribution in [2.75, 3.05) is 5.75 Å². The second-order valence-corrected chi connectivity index (χ2v) is 5.86. The normalized spacial score (nSPS) is 19.1. The Kier molecular flexibility index (Phi) is 4.09. The minimum absolute atomic E-state index is 0.420. The van der Waals surface area contributed by atoms with Crippen LogP contribution in [0.3, 0.4) is 0 Å². The van der Waals surface area contributed by atoms with Crippen LogP contribution in [0.25, 0.3) is 0 Å². The second kappa shape index (κ2) is 5.57. The highest BCUT2D eigenvalue weighted by Crippen LogP contribution is 2.25. The van der Waals surface area contributed by atoms with Crippen molar-refractivity contribution in [3.05, 3.63) is 11.7 Å². The van der Waals surface area contributed by atoms with Gasteiger partial charge in [0.2, 0.25) is 5.89 Å². The summed E-state index contributed by atoms with van der Waals surface area (Å²) in [5.74, 6) is 3.09. The summed E-state index contributed by atoms with van der Waals surface area (Å²) in [6, 6.07) is 0. The molecule has 1 aliphatic carbocycles. The van der Waals surface area contributed by atoms with E-state index >= 15 is 0 Å². The number of aryl methyl sites for hydroxylation is 1. The van der Waals surface area contributed by atoms with Crippen LogP contribution < -0.4 is 0 Å². The lowest BCUT2D eigenvalue weighted by molar-refractivity contribution is 0.384. The molecule has 0 saturated heterocycles. The summed E-state index contributed by atoms with van der Waals surface area (Å²) in [6.07, 6.45) is 5.81. The fourth-order valence-corrected chi connectivity index (χ4v) is 3.50. The van der Waals surface area contributed by atoms with Crippen molar-refractivity contribution in [1.29, 1.82) is 0 Å². The minimum Gasteiger partial charge on any atom is -0.338 e. The van der Waals surface area contributed by atoms with E-state index in [1.54, 1.807) is 0 Å². The van der Waals surface area contributed by atoms with Crippen molar-refractivity contribution in [3.63, 3.8) is 0 Å². The molecule has 2 rings (SSSR count). The molecule has 1 saturated carbocycles. The van der Waals surface area contributed by atoms with Crippen molar-refractivity contribution < 1.29 is 8.73 Å². The first-order valence-corrected chi connectivity index (χ1v) is 7.43. The van der Waals surface area contributed by atoms with E-state index in [1.165, 1.54) is 25.7 Å². The zero-order chi connectivity index (χ0) is 11.4. The SMILES string of the molecule is CCc1noc(C[S@@](=O)CC2CCCC2)n1. The average Bonchev–Trinajstić information content (AvgIpc) is 2.89. The van der Waals surface area contributed by atoms with Gasteiger partial charge in [-0.15, -0.1) is 0 Å². The van der Waals surface area contributed by atoms with Crippen LogP contribution in [0, 0.1) is 5.92 Å². The Hall–Kier alpha value is -0.710. The number of aromatic nitrogens is 2. The van der Waals surface area contributed by atoms with E-state index in [0.717, 1.165) is 12.2 Å². The second-order valence-electron chi connectivity index (χ2n) is 4.36. The molecular weight excluding hydrogens is 224 g/mol. The van der Waals surface area contributed by atoms with Crippen LogP contribution in [0.5, 0.6) is 0 Å². The molecule has 1 aromatic heterocycles. The quantitative estimate of drug-likeness (QED) is 0.793. The Labute approximate surface area is 98.3 Å². The summed E-state index contributed by atoms with van der Waals surface area (Å²) in [7, 11) is -0.846. The lowest BCUT2D eigenvalue weighted by Crippen LogP contribution is -2.09. The van der Waals surface area contributed by atoms with Crippen LogP contribution in [0.4, 0.5) is 0 Å². The lowest BCUT2D eigenvalue weighted by Gasteiger charge is -2.06. The van der Waals surface area contributed by atoms with Gasteiger partial charge in [0, 0.05) is 23.0 Å². The fraction of sp³-hybridized carbons (Fsp3) is 0.818. The average molecular weight is 242 g/mol. The summed E-state index contributed by atoms with van der Waals surface area (Å²) < 4.78 is 16.9. The highest BCUT2D eigenvalue weighted by Gasteiger charge is 2.19. The van der Waals surface area contributed by atoms with Crippen LogP contribution in [-0.2, 0) is 23.0 Å². The molecule has 1 aromatic rings. The molecule has 1 fully saturated rings. The Morgan fingerprint density at radius 3 is 2.81 bits per heavy atom. The molecule has 0 N–H and O–H groups in total. The van der Waals surface area contributed by atoms with Gasteiger partial charge < -0.3 is 4.52 Å². The van der Waals surface area contributed by atoms with Crippen molar-refractivity contribution >= 4 is 10.8 Å². The summed E-state index contributed by atoms with van der Waals surface area (Å²) >= 11 is 0. The first-order valence-electron chi connectivity index (χ1n) is 5.94. The molecular formula is C11H18N2O2S. The molecule has 0 bridgehead atoms. The van der Waals surface area contributed by atoms with Gasteiger partial charge in [0.25, 0.3) is 0 Å². The zero-order valence-corrected chi connectivity index (χ0v) is 10.5. The van der Waals surface area contributed by atoms with Gasteiger partial charge in [0.15, 0.2) is 5.82 Å². The third-order valence-corrected chi connectivity index (χ3v) is 4.42. The molecule has 0 radical (unpaired) electrons. The summed E-state index contributed by atoms with van der Waals surface area (Å²) in [5, 5.41) is 3.80. The van der Waals surface area contributed by atoms with Crippen molar-refractivity contribution in [2.24, 2.45) is 5.92 Å². The first-order chi connectivity index (χ1) is 7.78. The van der Waals surface area contributed by atoms with E-state index < -0.39 is 10.8 Å². The third kappa shape index (κ3) is 3.14. The number of nitrogens with zero attached hydrogens (tertiary/aromatic N) is 2. The molecule has 16 heavy (non-hydrogen) atoms. The van der Waals surface area contributed by atoms with Gasteiger partial charge in [-0.1, -0.05) is 24.9 Å². The van der Waals surface area contributed by atoms with E-state index in [9.17, 15) is 4.21 Å². The maximum absolute atomic E-state index is 11.8. The van der Waals surface area contributed by atoms with Gasteiger partial charge in [-0.05, 0) is 18.8 Å². The summed E-state index contributed by atoms with van der Waals surface area (Å²) in [5.41, 5.74) is 0. The lowest BCUT2D eigenvalue weighted by atomic mass is 10.1. The summed E-state index contributed by atoms with van der Waals surface area (Å²) in [6.45, 7) is 1.98. The smallest absolute Gasteiger partial charge is 0.239 e. The number of rotatable bonds is 5. The van der Waals surface area contributed by atoms with Crippen molar-refractivity contribution in [3.8, 4) is 0 Å². The van der Waals surface area contributed by atoms with Crippen LogP contribution >= 0.6 is 0 Å². The largest absolute Gasteiger partial charge is 0.338 e. The Bertz CT molecular complexity index is 359. The molecule has 5 heteroatoms. The standard InChI is InChI=1S/C11H18N2O2S/c1-2-10-12-11(15-13-10)8-16(14)7-9-5-3-4-6-9/h9H,2-8H2,1H3/t16-/m0/s1.